The fourth-order valence-electron chi connectivity index (χ4n) is 4.71. The molecule has 0 aliphatic carbocycles. The van der Waals surface area contributed by atoms with E-state index in [4.69, 9.17) is 10.7 Å². The normalized spacial score (nSPS) is 16.1. The molecule has 0 atom stereocenters. The van der Waals surface area contributed by atoms with E-state index < -0.39 is 5.54 Å². The number of nitrogens with one attached hydrogen (secondary N) is 2. The maximum Gasteiger partial charge on any atom is 0.142 e. The van der Waals surface area contributed by atoms with Gasteiger partial charge in [-0.1, -0.05) is 35.9 Å². The summed E-state index contributed by atoms with van der Waals surface area (Å²) in [6.07, 6.45) is 5.12. The van der Waals surface area contributed by atoms with Gasteiger partial charge in [0.25, 0.3) is 0 Å². The molecule has 0 spiro atoms. The average Bonchev–Trinajstić information content (AvgIpc) is 3.46. The van der Waals surface area contributed by atoms with Crippen LogP contribution < -0.4 is 10.6 Å². The van der Waals surface area contributed by atoms with Gasteiger partial charge in [-0.05, 0) is 49.1 Å². The van der Waals surface area contributed by atoms with Gasteiger partial charge in [0.15, 0.2) is 0 Å². The van der Waals surface area contributed by atoms with Crippen LogP contribution in [0.1, 0.15) is 24.2 Å². The molecule has 1 aliphatic rings. The number of rotatable bonds is 3. The van der Waals surface area contributed by atoms with Gasteiger partial charge in [-0.15, -0.1) is 0 Å². The Kier molecular flexibility index (Phi) is 4.26. The van der Waals surface area contributed by atoms with Gasteiger partial charge in [0, 0.05) is 19.3 Å². The van der Waals surface area contributed by atoms with Crippen molar-refractivity contribution in [3.8, 4) is 11.1 Å². The van der Waals surface area contributed by atoms with E-state index in [1.807, 2.05) is 12.3 Å². The minimum atomic E-state index is -0.483. The number of aromatic amines is 2. The first kappa shape index (κ1) is 19.0. The summed E-state index contributed by atoms with van der Waals surface area (Å²) in [5, 5.41) is 1.05. The third-order valence-corrected chi connectivity index (χ3v) is 6.59. The molecule has 4 heterocycles. The lowest BCUT2D eigenvalue weighted by Gasteiger charge is -2.38. The zero-order chi connectivity index (χ0) is 21.7. The van der Waals surface area contributed by atoms with Gasteiger partial charge >= 0.3 is 0 Å². The Labute approximate surface area is 185 Å². The van der Waals surface area contributed by atoms with Crippen LogP contribution in [0.5, 0.6) is 0 Å². The van der Waals surface area contributed by atoms with Crippen LogP contribution in [0.4, 0.5) is 5.82 Å². The Morgan fingerprint density at radius 1 is 1.00 bits per heavy atom. The number of nitrogens with zero attached hydrogens (tertiary/aromatic N) is 4. The third-order valence-electron chi connectivity index (χ3n) is 6.59. The summed E-state index contributed by atoms with van der Waals surface area (Å²) in [6.45, 7) is 3.75. The highest BCUT2D eigenvalue weighted by Gasteiger charge is 2.36. The van der Waals surface area contributed by atoms with E-state index in [1.165, 1.54) is 16.7 Å². The highest BCUT2D eigenvalue weighted by molar-refractivity contribution is 5.87. The van der Waals surface area contributed by atoms with Gasteiger partial charge in [-0.2, -0.15) is 0 Å². The number of nitrogens with two attached hydrogens (primary N) is 1. The van der Waals surface area contributed by atoms with Crippen LogP contribution in [-0.2, 0) is 5.54 Å². The number of hydrogen-bond acceptors (Lipinski definition) is 5. The molecule has 2 aromatic carbocycles. The van der Waals surface area contributed by atoms with Crippen LogP contribution in [0.25, 0.3) is 33.2 Å². The van der Waals surface area contributed by atoms with Gasteiger partial charge in [0.2, 0.25) is 0 Å². The summed E-state index contributed by atoms with van der Waals surface area (Å²) >= 11 is 0. The lowest BCUT2D eigenvalue weighted by molar-refractivity contribution is 0.327. The van der Waals surface area contributed by atoms with Crippen molar-refractivity contribution in [1.82, 2.24) is 24.9 Å². The second kappa shape index (κ2) is 7.17. The Morgan fingerprint density at radius 2 is 1.84 bits per heavy atom. The number of hydrogen-bond donors (Lipinski definition) is 3. The quantitative estimate of drug-likeness (QED) is 0.403. The molecule has 1 saturated heterocycles. The predicted molar refractivity (Wildman–Crippen MR) is 127 cm³/mol. The topological polar surface area (TPSA) is 99.5 Å². The van der Waals surface area contributed by atoms with Gasteiger partial charge in [0.1, 0.15) is 23.6 Å². The van der Waals surface area contributed by atoms with E-state index in [1.54, 1.807) is 6.33 Å². The maximum absolute atomic E-state index is 6.89. The number of H-pyrrole nitrogens is 2. The van der Waals surface area contributed by atoms with Crippen molar-refractivity contribution in [3.05, 3.63) is 72.4 Å². The van der Waals surface area contributed by atoms with E-state index in [0.717, 1.165) is 59.6 Å². The molecule has 4 N–H and O–H groups in total. The fraction of sp³-hybridized carbons (Fsp3) is 0.240. The van der Waals surface area contributed by atoms with Crippen molar-refractivity contribution >= 4 is 27.9 Å². The Morgan fingerprint density at radius 3 is 2.69 bits per heavy atom. The zero-order valence-corrected chi connectivity index (χ0v) is 18.0. The molecule has 1 aliphatic heterocycles. The smallest absolute Gasteiger partial charge is 0.142 e. The molecular weight excluding hydrogens is 398 g/mol. The van der Waals surface area contributed by atoms with Gasteiger partial charge in [-0.3, -0.25) is 0 Å². The van der Waals surface area contributed by atoms with Crippen LogP contribution in [-0.4, -0.2) is 38.0 Å². The van der Waals surface area contributed by atoms with Gasteiger partial charge in [0.05, 0.1) is 22.0 Å². The third kappa shape index (κ3) is 3.13. The Balaban J connectivity index is 1.27. The SMILES string of the molecule is Cc1cccc(-c2ccc3nc(C4(N)CCN(c5ncnc6[nH]ccc56)CC4)[nH]c3c2)c1. The fourth-order valence-corrected chi connectivity index (χ4v) is 4.71. The number of fused-ring (bicyclic) bond motifs is 2. The minimum Gasteiger partial charge on any atom is -0.356 e. The van der Waals surface area contributed by atoms with Crippen LogP contribution in [0.15, 0.2) is 61.1 Å². The molecule has 32 heavy (non-hydrogen) atoms. The van der Waals surface area contributed by atoms with E-state index in [9.17, 15) is 0 Å². The molecule has 0 saturated carbocycles. The molecule has 7 nitrogen and oxygen atoms in total. The number of imidazole rings is 1. The number of piperidine rings is 1. The molecule has 3 aromatic heterocycles. The van der Waals surface area contributed by atoms with Crippen LogP contribution in [0.3, 0.4) is 0 Å². The predicted octanol–water partition coefficient (Wildman–Crippen LogP) is 4.26. The number of benzene rings is 2. The van der Waals surface area contributed by atoms with Crippen molar-refractivity contribution in [1.29, 1.82) is 0 Å². The second-order valence-electron chi connectivity index (χ2n) is 8.77. The molecule has 0 unspecified atom stereocenters. The first-order valence-corrected chi connectivity index (χ1v) is 11.0. The van der Waals surface area contributed by atoms with Crippen molar-refractivity contribution in [2.24, 2.45) is 5.73 Å². The van der Waals surface area contributed by atoms with E-state index in [0.29, 0.717) is 0 Å². The van der Waals surface area contributed by atoms with Crippen LogP contribution in [0, 0.1) is 6.92 Å². The molecule has 1 fully saturated rings. The lowest BCUT2D eigenvalue weighted by Crippen LogP contribution is -2.49. The largest absolute Gasteiger partial charge is 0.356 e. The van der Waals surface area contributed by atoms with Crippen molar-refractivity contribution in [2.75, 3.05) is 18.0 Å². The summed E-state index contributed by atoms with van der Waals surface area (Å²) in [6, 6.07) is 17.0. The number of anilines is 1. The monoisotopic (exact) mass is 423 g/mol. The highest BCUT2D eigenvalue weighted by atomic mass is 15.2. The molecule has 6 rings (SSSR count). The van der Waals surface area contributed by atoms with Crippen molar-refractivity contribution in [3.63, 3.8) is 0 Å². The van der Waals surface area contributed by atoms with Crippen molar-refractivity contribution in [2.45, 2.75) is 25.3 Å². The van der Waals surface area contributed by atoms with E-state index in [2.05, 4.69) is 74.2 Å². The standard InChI is InChI=1S/C25H25N7/c1-16-3-2-4-17(13-16)18-5-6-20-21(14-18)31-24(30-20)25(26)8-11-32(12-9-25)23-19-7-10-27-22(19)28-15-29-23/h2-7,10,13-15H,8-9,11-12,26H2,1H3,(H,30,31)(H,27,28,29). The molecule has 0 amide bonds. The van der Waals surface area contributed by atoms with Crippen LogP contribution in [0.2, 0.25) is 0 Å². The van der Waals surface area contributed by atoms with Crippen molar-refractivity contribution < 1.29 is 0 Å². The van der Waals surface area contributed by atoms with Gasteiger partial charge in [-0.25, -0.2) is 15.0 Å². The second-order valence-corrected chi connectivity index (χ2v) is 8.77. The van der Waals surface area contributed by atoms with E-state index in [-0.39, 0.29) is 0 Å². The number of aromatic nitrogens is 5. The maximum atomic E-state index is 6.89. The summed E-state index contributed by atoms with van der Waals surface area (Å²) < 4.78 is 0. The molecule has 7 heteroatoms. The van der Waals surface area contributed by atoms with Crippen LogP contribution >= 0.6 is 0 Å². The highest BCUT2D eigenvalue weighted by Crippen LogP contribution is 2.34. The zero-order valence-electron chi connectivity index (χ0n) is 18.0. The summed E-state index contributed by atoms with van der Waals surface area (Å²) in [4.78, 5) is 22.7. The summed E-state index contributed by atoms with van der Waals surface area (Å²) in [7, 11) is 0. The first-order valence-electron chi connectivity index (χ1n) is 11.0. The Bertz CT molecular complexity index is 1420. The molecule has 5 aromatic rings. The molecule has 0 radical (unpaired) electrons. The minimum absolute atomic E-state index is 0.483. The first-order chi connectivity index (χ1) is 15.6. The average molecular weight is 424 g/mol. The number of aryl methyl sites for hydroxylation is 1. The Hall–Kier alpha value is -3.71. The molecule has 160 valence electrons. The molecular formula is C25H25N7. The summed E-state index contributed by atoms with van der Waals surface area (Å²) in [5.74, 6) is 1.83. The lowest BCUT2D eigenvalue weighted by atomic mass is 9.88. The van der Waals surface area contributed by atoms with Gasteiger partial charge < -0.3 is 20.6 Å². The van der Waals surface area contributed by atoms with E-state index >= 15 is 0 Å². The summed E-state index contributed by atoms with van der Waals surface area (Å²) in [5.41, 5.74) is 12.9. The molecule has 0 bridgehead atoms.